The summed E-state index contributed by atoms with van der Waals surface area (Å²) < 4.78 is 0. The molecule has 0 bridgehead atoms. The molecule has 3 heterocycles. The lowest BCUT2D eigenvalue weighted by Crippen LogP contribution is -2.44. The third kappa shape index (κ3) is 5.57. The first-order valence-corrected chi connectivity index (χ1v) is 11.9. The molecule has 32 heavy (non-hydrogen) atoms. The van der Waals surface area contributed by atoms with Crippen molar-refractivity contribution >= 4 is 34.2 Å². The highest BCUT2D eigenvalue weighted by Gasteiger charge is 2.18. The highest BCUT2D eigenvalue weighted by molar-refractivity contribution is 5.96. The average molecular weight is 438 g/mol. The van der Waals surface area contributed by atoms with E-state index in [0.717, 1.165) is 80.1 Å². The summed E-state index contributed by atoms with van der Waals surface area (Å²) in [4.78, 5) is 36.4. The summed E-state index contributed by atoms with van der Waals surface area (Å²) >= 11 is 0. The number of fused-ring (bicyclic) bond motifs is 1. The van der Waals surface area contributed by atoms with Crippen LogP contribution in [0.15, 0.2) is 24.3 Å². The smallest absolute Gasteiger partial charge is 0.224 e. The number of amides is 2. The molecule has 0 aliphatic carbocycles. The first-order chi connectivity index (χ1) is 15.5. The van der Waals surface area contributed by atoms with Gasteiger partial charge in [-0.1, -0.05) is 12.8 Å². The molecule has 7 heteroatoms. The van der Waals surface area contributed by atoms with Crippen molar-refractivity contribution in [1.82, 2.24) is 14.8 Å². The minimum atomic E-state index is -0.118. The summed E-state index contributed by atoms with van der Waals surface area (Å²) in [5.41, 5.74) is 2.84. The number of nitrogens with zero attached hydrogens (tertiary/aromatic N) is 4. The Morgan fingerprint density at radius 3 is 2.38 bits per heavy atom. The number of hydrogen-bond donors (Lipinski definition) is 1. The topological polar surface area (TPSA) is 68.8 Å². The third-order valence-electron chi connectivity index (χ3n) is 6.64. The summed E-state index contributed by atoms with van der Waals surface area (Å²) in [6.45, 7) is 7.81. The van der Waals surface area contributed by atoms with Crippen LogP contribution in [-0.2, 0) is 9.59 Å². The van der Waals surface area contributed by atoms with E-state index in [2.05, 4.69) is 35.2 Å². The van der Waals surface area contributed by atoms with Gasteiger partial charge in [-0.15, -0.1) is 0 Å². The van der Waals surface area contributed by atoms with E-state index in [4.69, 9.17) is 4.98 Å². The van der Waals surface area contributed by atoms with Crippen molar-refractivity contribution in [2.45, 2.75) is 45.4 Å². The van der Waals surface area contributed by atoms with Gasteiger partial charge in [-0.05, 0) is 56.6 Å². The van der Waals surface area contributed by atoms with Crippen LogP contribution in [0.1, 0.15) is 44.1 Å². The van der Waals surface area contributed by atoms with Crippen LogP contribution in [0.4, 0.5) is 11.5 Å². The first kappa shape index (κ1) is 22.5. The van der Waals surface area contributed by atoms with Gasteiger partial charge in [-0.2, -0.15) is 0 Å². The van der Waals surface area contributed by atoms with Gasteiger partial charge in [-0.3, -0.25) is 9.59 Å². The monoisotopic (exact) mass is 437 g/mol. The normalized spacial score (nSPS) is 17.9. The van der Waals surface area contributed by atoms with Crippen molar-refractivity contribution < 1.29 is 9.59 Å². The summed E-state index contributed by atoms with van der Waals surface area (Å²) in [6, 6.07) is 8.00. The van der Waals surface area contributed by atoms with Crippen molar-refractivity contribution in [2.24, 2.45) is 0 Å². The molecule has 2 aromatic rings. The van der Waals surface area contributed by atoms with Crippen LogP contribution < -0.4 is 10.2 Å². The number of carbonyl (C=O) groups is 2. The van der Waals surface area contributed by atoms with E-state index in [1.807, 2.05) is 23.1 Å². The number of carbonyl (C=O) groups excluding carboxylic acids is 2. The first-order valence-electron chi connectivity index (χ1n) is 11.9. The summed E-state index contributed by atoms with van der Waals surface area (Å²) in [6.07, 6.45) is 5.01. The standard InChI is InChI=1S/C25H35N5O2/c1-19-17-23(29-15-13-28(2)14-16-29)27-22-8-7-20(18-21(19)22)26-24(31)9-10-25(32)30-11-5-3-4-6-12-30/h7-8,17-18H,3-6,9-16H2,1-2H3,(H,26,31). The van der Waals surface area contributed by atoms with Gasteiger partial charge in [0.05, 0.1) is 5.52 Å². The maximum absolute atomic E-state index is 12.5. The highest BCUT2D eigenvalue weighted by Crippen LogP contribution is 2.26. The number of hydrogen-bond acceptors (Lipinski definition) is 5. The Hall–Kier alpha value is -2.67. The van der Waals surface area contributed by atoms with E-state index in [1.54, 1.807) is 0 Å². The van der Waals surface area contributed by atoms with E-state index >= 15 is 0 Å². The molecule has 7 nitrogen and oxygen atoms in total. The van der Waals surface area contributed by atoms with Crippen molar-refractivity contribution in [3.63, 3.8) is 0 Å². The van der Waals surface area contributed by atoms with Crippen molar-refractivity contribution in [2.75, 3.05) is 56.5 Å². The number of nitrogens with one attached hydrogen (secondary N) is 1. The molecule has 0 atom stereocenters. The molecule has 1 aromatic heterocycles. The van der Waals surface area contributed by atoms with Gasteiger partial charge >= 0.3 is 0 Å². The minimum Gasteiger partial charge on any atom is -0.354 e. The Morgan fingerprint density at radius 2 is 1.66 bits per heavy atom. The summed E-state index contributed by atoms with van der Waals surface area (Å²) in [7, 11) is 2.15. The number of benzene rings is 1. The van der Waals surface area contributed by atoms with Gasteiger partial charge in [0.15, 0.2) is 0 Å². The maximum atomic E-state index is 12.5. The number of likely N-dealkylation sites (N-methyl/N-ethyl adjacent to an activating group) is 1. The van der Waals surface area contributed by atoms with E-state index in [0.29, 0.717) is 0 Å². The zero-order valence-electron chi connectivity index (χ0n) is 19.4. The Morgan fingerprint density at radius 1 is 0.938 bits per heavy atom. The second-order valence-electron chi connectivity index (χ2n) is 9.16. The van der Waals surface area contributed by atoms with Gasteiger partial charge < -0.3 is 20.0 Å². The molecule has 0 saturated carbocycles. The minimum absolute atomic E-state index is 0.0945. The van der Waals surface area contributed by atoms with Crippen LogP contribution >= 0.6 is 0 Å². The fraction of sp³-hybridized carbons (Fsp3) is 0.560. The van der Waals surface area contributed by atoms with E-state index in [1.165, 1.54) is 12.8 Å². The molecule has 2 fully saturated rings. The molecule has 2 aliphatic rings. The van der Waals surface area contributed by atoms with E-state index < -0.39 is 0 Å². The van der Waals surface area contributed by atoms with Crippen LogP contribution in [0.2, 0.25) is 0 Å². The summed E-state index contributed by atoms with van der Waals surface area (Å²) in [5.74, 6) is 0.996. The van der Waals surface area contributed by atoms with Crippen LogP contribution in [0.3, 0.4) is 0 Å². The number of pyridine rings is 1. The lowest BCUT2D eigenvalue weighted by Gasteiger charge is -2.33. The maximum Gasteiger partial charge on any atom is 0.224 e. The van der Waals surface area contributed by atoms with Crippen molar-refractivity contribution in [3.8, 4) is 0 Å². The van der Waals surface area contributed by atoms with Gasteiger partial charge in [0.25, 0.3) is 0 Å². The number of aryl methyl sites for hydroxylation is 1. The number of aromatic nitrogens is 1. The van der Waals surface area contributed by atoms with Crippen LogP contribution in [0.25, 0.3) is 10.9 Å². The summed E-state index contributed by atoms with van der Waals surface area (Å²) in [5, 5.41) is 4.00. The zero-order valence-corrected chi connectivity index (χ0v) is 19.4. The molecule has 0 radical (unpaired) electrons. The number of piperazine rings is 1. The second kappa shape index (κ2) is 10.3. The second-order valence-corrected chi connectivity index (χ2v) is 9.16. The molecular weight excluding hydrogens is 402 g/mol. The van der Waals surface area contributed by atoms with Crippen molar-refractivity contribution in [1.29, 1.82) is 0 Å². The number of anilines is 2. The molecular formula is C25H35N5O2. The van der Waals surface area contributed by atoms with Crippen LogP contribution in [-0.4, -0.2) is 72.9 Å². The van der Waals surface area contributed by atoms with E-state index in [-0.39, 0.29) is 24.7 Å². The molecule has 4 rings (SSSR count). The molecule has 2 saturated heterocycles. The third-order valence-corrected chi connectivity index (χ3v) is 6.64. The van der Waals surface area contributed by atoms with Crippen LogP contribution in [0.5, 0.6) is 0 Å². The quantitative estimate of drug-likeness (QED) is 0.776. The lowest BCUT2D eigenvalue weighted by molar-refractivity contribution is -0.132. The van der Waals surface area contributed by atoms with Gasteiger partial charge in [0.2, 0.25) is 11.8 Å². The molecule has 1 N–H and O–H groups in total. The van der Waals surface area contributed by atoms with Crippen LogP contribution in [0, 0.1) is 6.92 Å². The molecule has 2 amide bonds. The Balaban J connectivity index is 1.37. The molecule has 0 spiro atoms. The van der Waals surface area contributed by atoms with Gasteiger partial charge in [-0.25, -0.2) is 4.98 Å². The number of rotatable bonds is 5. The Kier molecular flexibility index (Phi) is 7.25. The SMILES string of the molecule is Cc1cc(N2CCN(C)CC2)nc2ccc(NC(=O)CCC(=O)N3CCCCCC3)cc12. The molecule has 0 unspecified atom stereocenters. The molecule has 172 valence electrons. The fourth-order valence-corrected chi connectivity index (χ4v) is 4.57. The van der Waals surface area contributed by atoms with Crippen molar-refractivity contribution in [3.05, 3.63) is 29.8 Å². The van der Waals surface area contributed by atoms with Gasteiger partial charge in [0.1, 0.15) is 5.82 Å². The number of likely N-dealkylation sites (tertiary alicyclic amines) is 1. The Bertz CT molecular complexity index is 960. The average Bonchev–Trinajstić information content (AvgIpc) is 3.08. The predicted molar refractivity (Wildman–Crippen MR) is 129 cm³/mol. The van der Waals surface area contributed by atoms with E-state index in [9.17, 15) is 9.59 Å². The molecule has 1 aromatic carbocycles. The highest BCUT2D eigenvalue weighted by atomic mass is 16.2. The largest absolute Gasteiger partial charge is 0.354 e. The predicted octanol–water partition coefficient (Wildman–Crippen LogP) is 3.42. The fourth-order valence-electron chi connectivity index (χ4n) is 4.57. The lowest BCUT2D eigenvalue weighted by atomic mass is 10.1. The zero-order chi connectivity index (χ0) is 22.5. The Labute approximate surface area is 190 Å². The molecule has 2 aliphatic heterocycles. The van der Waals surface area contributed by atoms with Gasteiger partial charge in [0, 0.05) is 63.2 Å².